The van der Waals surface area contributed by atoms with Gasteiger partial charge < -0.3 is 5.11 Å². The molecule has 1 aliphatic heterocycles. The Labute approximate surface area is 149 Å². The summed E-state index contributed by atoms with van der Waals surface area (Å²) >= 11 is 0. The number of fused-ring (bicyclic) bond motifs is 3. The minimum atomic E-state index is -4.26. The second kappa shape index (κ2) is 5.67. The van der Waals surface area contributed by atoms with Gasteiger partial charge in [0.05, 0.1) is 17.7 Å². The number of sulfonamides is 1. The van der Waals surface area contributed by atoms with Crippen molar-refractivity contribution in [2.24, 2.45) is 0 Å². The van der Waals surface area contributed by atoms with Gasteiger partial charge in [-0.2, -0.15) is 0 Å². The molecular formula is C19H13NO5S. The van der Waals surface area contributed by atoms with Gasteiger partial charge >= 0.3 is 5.97 Å². The Kier molecular flexibility index (Phi) is 3.55. The number of carboxylic acid groups (broad SMARTS) is 1. The quantitative estimate of drug-likeness (QED) is 0.768. The number of carboxylic acids is 1. The molecule has 0 atom stereocenters. The van der Waals surface area contributed by atoms with Gasteiger partial charge in [-0.1, -0.05) is 54.6 Å². The number of benzene rings is 3. The fourth-order valence-corrected chi connectivity index (χ4v) is 4.95. The lowest BCUT2D eigenvalue weighted by atomic mass is 10.00. The van der Waals surface area contributed by atoms with Gasteiger partial charge in [0.15, 0.2) is 0 Å². The van der Waals surface area contributed by atoms with Crippen LogP contribution in [-0.4, -0.2) is 29.7 Å². The molecule has 1 amide bonds. The van der Waals surface area contributed by atoms with Crippen LogP contribution < -0.4 is 0 Å². The first-order valence-electron chi connectivity index (χ1n) is 7.81. The van der Waals surface area contributed by atoms with Crippen LogP contribution in [0.25, 0.3) is 10.8 Å². The maximum Gasteiger partial charge on any atom is 0.337 e. The van der Waals surface area contributed by atoms with Gasteiger partial charge in [-0.05, 0) is 22.4 Å². The van der Waals surface area contributed by atoms with Crippen molar-refractivity contribution in [2.75, 3.05) is 0 Å². The SMILES string of the molecule is O=C(O)c1cc2ccccc2c2c1S(=O)(=O)N(Cc1ccccc1)C2=O. The van der Waals surface area contributed by atoms with E-state index < -0.39 is 26.8 Å². The van der Waals surface area contributed by atoms with Gasteiger partial charge in [-0.3, -0.25) is 4.79 Å². The van der Waals surface area contributed by atoms with E-state index in [1.54, 1.807) is 54.6 Å². The average molecular weight is 367 g/mol. The Morgan fingerprint density at radius 3 is 2.35 bits per heavy atom. The normalized spacial score (nSPS) is 15.2. The zero-order valence-corrected chi connectivity index (χ0v) is 14.2. The fourth-order valence-electron chi connectivity index (χ4n) is 3.22. The van der Waals surface area contributed by atoms with Gasteiger partial charge in [0.1, 0.15) is 4.90 Å². The lowest BCUT2D eigenvalue weighted by Crippen LogP contribution is -2.29. The Hall–Kier alpha value is -3.19. The maximum absolute atomic E-state index is 13.0. The monoisotopic (exact) mass is 367 g/mol. The molecule has 0 aliphatic carbocycles. The maximum atomic E-state index is 13.0. The molecule has 0 unspecified atom stereocenters. The predicted molar refractivity (Wildman–Crippen MR) is 94.4 cm³/mol. The van der Waals surface area contributed by atoms with Gasteiger partial charge in [0.2, 0.25) is 0 Å². The molecule has 0 bridgehead atoms. The highest BCUT2D eigenvalue weighted by Gasteiger charge is 2.45. The fraction of sp³-hybridized carbons (Fsp3) is 0.0526. The summed E-state index contributed by atoms with van der Waals surface area (Å²) < 4.78 is 26.8. The standard InChI is InChI=1S/C19H13NO5S/c21-18-16-14-9-5-4-8-13(14)10-15(19(22)23)17(16)26(24,25)20(18)11-12-6-2-1-3-7-12/h1-10H,11H2,(H,22,23). The summed E-state index contributed by atoms with van der Waals surface area (Å²) in [5.41, 5.74) is 0.178. The lowest BCUT2D eigenvalue weighted by molar-refractivity contribution is 0.0692. The minimum absolute atomic E-state index is 0.0727. The van der Waals surface area contributed by atoms with Crippen molar-refractivity contribution < 1.29 is 23.1 Å². The molecule has 0 spiro atoms. The van der Waals surface area contributed by atoms with Crippen molar-refractivity contribution in [1.29, 1.82) is 0 Å². The topological polar surface area (TPSA) is 91.8 Å². The van der Waals surface area contributed by atoms with Gasteiger partial charge in [-0.15, -0.1) is 0 Å². The van der Waals surface area contributed by atoms with Crippen LogP contribution in [0.5, 0.6) is 0 Å². The van der Waals surface area contributed by atoms with E-state index in [4.69, 9.17) is 0 Å². The number of carbonyl (C=O) groups excluding carboxylic acids is 1. The molecule has 0 saturated carbocycles. The number of hydrogen-bond donors (Lipinski definition) is 1. The molecule has 6 nitrogen and oxygen atoms in total. The highest BCUT2D eigenvalue weighted by atomic mass is 32.2. The van der Waals surface area contributed by atoms with Crippen molar-refractivity contribution in [2.45, 2.75) is 11.4 Å². The third-order valence-corrected chi connectivity index (χ3v) is 6.20. The van der Waals surface area contributed by atoms with Crippen molar-refractivity contribution in [1.82, 2.24) is 4.31 Å². The molecule has 130 valence electrons. The molecule has 1 heterocycles. The summed E-state index contributed by atoms with van der Waals surface area (Å²) in [4.78, 5) is 24.2. The molecule has 0 saturated heterocycles. The molecule has 0 radical (unpaired) electrons. The summed E-state index contributed by atoms with van der Waals surface area (Å²) in [6.07, 6.45) is 0. The van der Waals surface area contributed by atoms with Crippen LogP contribution in [0.15, 0.2) is 65.6 Å². The van der Waals surface area contributed by atoms with Crippen LogP contribution >= 0.6 is 0 Å². The van der Waals surface area contributed by atoms with Crippen LogP contribution in [0.2, 0.25) is 0 Å². The van der Waals surface area contributed by atoms with E-state index in [-0.39, 0.29) is 17.7 Å². The molecule has 0 aromatic heterocycles. The van der Waals surface area contributed by atoms with Crippen LogP contribution in [-0.2, 0) is 16.6 Å². The molecule has 7 heteroatoms. The first-order valence-corrected chi connectivity index (χ1v) is 9.25. The van der Waals surface area contributed by atoms with Crippen molar-refractivity contribution >= 4 is 32.7 Å². The number of amides is 1. The lowest BCUT2D eigenvalue weighted by Gasteiger charge is -2.15. The highest BCUT2D eigenvalue weighted by molar-refractivity contribution is 7.90. The van der Waals surface area contributed by atoms with Crippen LogP contribution in [0.4, 0.5) is 0 Å². The van der Waals surface area contributed by atoms with E-state index in [0.717, 1.165) is 4.31 Å². The zero-order chi connectivity index (χ0) is 18.5. The smallest absolute Gasteiger partial charge is 0.337 e. The van der Waals surface area contributed by atoms with E-state index in [9.17, 15) is 23.1 Å². The van der Waals surface area contributed by atoms with E-state index in [1.165, 1.54) is 6.07 Å². The molecule has 0 fully saturated rings. The largest absolute Gasteiger partial charge is 0.478 e. The molecule has 1 N–H and O–H groups in total. The van der Waals surface area contributed by atoms with Crippen molar-refractivity contribution in [3.63, 3.8) is 0 Å². The third kappa shape index (κ3) is 2.28. The van der Waals surface area contributed by atoms with Gasteiger partial charge in [-0.25, -0.2) is 17.5 Å². The molecular weight excluding hydrogens is 354 g/mol. The Morgan fingerprint density at radius 1 is 1.00 bits per heavy atom. The van der Waals surface area contributed by atoms with E-state index in [0.29, 0.717) is 16.3 Å². The number of aromatic carboxylic acids is 1. The van der Waals surface area contributed by atoms with Crippen LogP contribution in [0.3, 0.4) is 0 Å². The van der Waals surface area contributed by atoms with Crippen LogP contribution in [0, 0.1) is 0 Å². The van der Waals surface area contributed by atoms with Crippen molar-refractivity contribution in [3.05, 3.63) is 77.4 Å². The average Bonchev–Trinajstić information content (AvgIpc) is 2.83. The molecule has 3 aromatic rings. The number of nitrogens with zero attached hydrogens (tertiary/aromatic N) is 1. The summed E-state index contributed by atoms with van der Waals surface area (Å²) in [7, 11) is -4.26. The van der Waals surface area contributed by atoms with Crippen molar-refractivity contribution in [3.8, 4) is 0 Å². The zero-order valence-electron chi connectivity index (χ0n) is 13.4. The van der Waals surface area contributed by atoms with Crippen LogP contribution in [0.1, 0.15) is 26.3 Å². The van der Waals surface area contributed by atoms with E-state index >= 15 is 0 Å². The predicted octanol–water partition coefficient (Wildman–Crippen LogP) is 2.88. The number of carbonyl (C=O) groups is 2. The third-order valence-electron chi connectivity index (χ3n) is 4.39. The summed E-state index contributed by atoms with van der Waals surface area (Å²) in [5.74, 6) is -2.09. The second-order valence-corrected chi connectivity index (χ2v) is 7.76. The Morgan fingerprint density at radius 2 is 1.65 bits per heavy atom. The Balaban J connectivity index is 1.99. The highest BCUT2D eigenvalue weighted by Crippen LogP contribution is 2.39. The van der Waals surface area contributed by atoms with Gasteiger partial charge in [0.25, 0.3) is 15.9 Å². The summed E-state index contributed by atoms with van der Waals surface area (Å²) in [6.45, 7) is -0.149. The summed E-state index contributed by atoms with van der Waals surface area (Å²) in [5, 5.41) is 10.4. The second-order valence-electron chi connectivity index (χ2n) is 5.96. The minimum Gasteiger partial charge on any atom is -0.478 e. The van der Waals surface area contributed by atoms with Gasteiger partial charge in [0, 0.05) is 0 Å². The van der Waals surface area contributed by atoms with E-state index in [1.807, 2.05) is 0 Å². The summed E-state index contributed by atoms with van der Waals surface area (Å²) in [6, 6.07) is 16.7. The first kappa shape index (κ1) is 16.3. The molecule has 3 aromatic carbocycles. The first-order chi connectivity index (χ1) is 12.4. The molecule has 26 heavy (non-hydrogen) atoms. The Bertz CT molecular complexity index is 1170. The molecule has 1 aliphatic rings. The van der Waals surface area contributed by atoms with E-state index in [2.05, 4.69) is 0 Å². The number of rotatable bonds is 3. The molecule has 4 rings (SSSR count). The number of hydrogen-bond acceptors (Lipinski definition) is 4.